The number of hydrogen-bond donors (Lipinski definition) is 7. The molecule has 13 heteroatoms. The zero-order chi connectivity index (χ0) is 27.8. The van der Waals surface area contributed by atoms with Crippen LogP contribution < -0.4 is 33.2 Å². The van der Waals surface area contributed by atoms with Crippen molar-refractivity contribution in [1.29, 1.82) is 0 Å². The zero-order valence-corrected chi connectivity index (χ0v) is 21.8. The molecule has 4 amide bonds. The van der Waals surface area contributed by atoms with Crippen LogP contribution in [0.3, 0.4) is 0 Å². The summed E-state index contributed by atoms with van der Waals surface area (Å²) in [5, 5.41) is 16.9. The Balaban J connectivity index is 3.08. The van der Waals surface area contributed by atoms with Crippen LogP contribution in [0.1, 0.15) is 37.7 Å². The van der Waals surface area contributed by atoms with Crippen LogP contribution in [0.2, 0.25) is 0 Å². The van der Waals surface area contributed by atoms with Gasteiger partial charge in [-0.05, 0) is 49.8 Å². The van der Waals surface area contributed by atoms with Gasteiger partial charge in [-0.2, -0.15) is 11.8 Å². The molecule has 1 aromatic carbocycles. The lowest BCUT2D eigenvalue weighted by atomic mass is 10.0. The monoisotopic (exact) mass is 538 g/mol. The minimum Gasteiger partial charge on any atom is -0.480 e. The first kappa shape index (κ1) is 31.9. The van der Waals surface area contributed by atoms with E-state index in [-0.39, 0.29) is 12.8 Å². The van der Waals surface area contributed by atoms with Crippen molar-refractivity contribution in [3.8, 4) is 0 Å². The van der Waals surface area contributed by atoms with Gasteiger partial charge in [0.15, 0.2) is 0 Å². The summed E-state index contributed by atoms with van der Waals surface area (Å²) >= 11 is 1.54. The van der Waals surface area contributed by atoms with E-state index in [1.54, 1.807) is 36.0 Å². The average molecular weight is 539 g/mol. The number of amides is 4. The number of hydrogen-bond acceptors (Lipinski definition) is 8. The third kappa shape index (κ3) is 12.6. The normalized spacial score (nSPS) is 14.0. The number of nitrogens with two attached hydrogens (primary N) is 3. The molecule has 1 aromatic rings. The molecule has 0 bridgehead atoms. The van der Waals surface area contributed by atoms with Crippen LogP contribution in [0, 0.1) is 0 Å². The molecule has 10 N–H and O–H groups in total. The Labute approximate surface area is 220 Å². The van der Waals surface area contributed by atoms with Gasteiger partial charge in [-0.3, -0.25) is 19.2 Å². The van der Waals surface area contributed by atoms with Crippen molar-refractivity contribution in [2.24, 2.45) is 17.2 Å². The summed E-state index contributed by atoms with van der Waals surface area (Å²) in [5.41, 5.74) is 17.4. The fourth-order valence-corrected chi connectivity index (χ4v) is 3.91. The molecule has 0 spiro atoms. The van der Waals surface area contributed by atoms with Crippen LogP contribution in [0.15, 0.2) is 30.3 Å². The molecule has 0 aliphatic rings. The lowest BCUT2D eigenvalue weighted by Crippen LogP contribution is -2.57. The summed E-state index contributed by atoms with van der Waals surface area (Å²) in [6.45, 7) is 0.363. The number of primary amides is 1. The summed E-state index contributed by atoms with van der Waals surface area (Å²) in [6, 6.07) is 4.47. The second-order valence-electron chi connectivity index (χ2n) is 8.55. The molecular weight excluding hydrogens is 500 g/mol. The standard InChI is InChI=1S/C24H38N6O6S/c1-37-12-10-16(26)21(32)29-18(13-15-7-3-2-4-8-15)23(34)28-17(9-5-6-11-25)22(33)30-19(24(35)36)14-20(27)31/h2-4,7-8,16-19H,5-6,9-14,25-26H2,1H3,(H2,27,31)(H,28,34)(H,29,32)(H,30,33)(H,35,36). The molecular formula is C24H38N6O6S. The Morgan fingerprint density at radius 1 is 0.892 bits per heavy atom. The summed E-state index contributed by atoms with van der Waals surface area (Å²) in [5.74, 6) is -3.59. The second-order valence-corrected chi connectivity index (χ2v) is 9.54. The third-order valence-corrected chi connectivity index (χ3v) is 6.13. The fourth-order valence-electron chi connectivity index (χ4n) is 3.42. The van der Waals surface area contributed by atoms with Crippen LogP contribution in [0.4, 0.5) is 0 Å². The van der Waals surface area contributed by atoms with Gasteiger partial charge in [-0.25, -0.2) is 4.79 Å². The number of thioether (sulfide) groups is 1. The number of carbonyl (C=O) groups excluding carboxylic acids is 4. The van der Waals surface area contributed by atoms with Crippen molar-refractivity contribution in [1.82, 2.24) is 16.0 Å². The topological polar surface area (TPSA) is 220 Å². The smallest absolute Gasteiger partial charge is 0.326 e. The second kappa shape index (κ2) is 17.3. The van der Waals surface area contributed by atoms with Crippen molar-refractivity contribution in [3.63, 3.8) is 0 Å². The van der Waals surface area contributed by atoms with Gasteiger partial charge in [0.05, 0.1) is 12.5 Å². The van der Waals surface area contributed by atoms with Gasteiger partial charge < -0.3 is 38.3 Å². The average Bonchev–Trinajstić information content (AvgIpc) is 2.85. The molecule has 0 aliphatic carbocycles. The van der Waals surface area contributed by atoms with E-state index in [1.807, 2.05) is 12.3 Å². The number of unbranched alkanes of at least 4 members (excludes halogenated alkanes) is 1. The third-order valence-electron chi connectivity index (χ3n) is 5.49. The van der Waals surface area contributed by atoms with Crippen molar-refractivity contribution in [2.45, 2.75) is 62.7 Å². The van der Waals surface area contributed by atoms with E-state index in [4.69, 9.17) is 17.2 Å². The molecule has 37 heavy (non-hydrogen) atoms. The molecule has 0 aliphatic heterocycles. The van der Waals surface area contributed by atoms with Gasteiger partial charge in [0.25, 0.3) is 0 Å². The number of benzene rings is 1. The highest BCUT2D eigenvalue weighted by Gasteiger charge is 2.30. The minimum atomic E-state index is -1.55. The van der Waals surface area contributed by atoms with E-state index in [1.165, 1.54) is 0 Å². The number of carbonyl (C=O) groups is 5. The Bertz CT molecular complexity index is 903. The van der Waals surface area contributed by atoms with Crippen LogP contribution in [-0.4, -0.2) is 77.4 Å². The summed E-state index contributed by atoms with van der Waals surface area (Å²) < 4.78 is 0. The van der Waals surface area contributed by atoms with Crippen LogP contribution in [0.25, 0.3) is 0 Å². The van der Waals surface area contributed by atoms with Gasteiger partial charge in [0, 0.05) is 6.42 Å². The molecule has 0 saturated heterocycles. The van der Waals surface area contributed by atoms with E-state index in [0.717, 1.165) is 5.56 Å². The Hall–Kier alpha value is -3.16. The molecule has 1 rings (SSSR count). The number of rotatable bonds is 18. The first-order chi connectivity index (χ1) is 17.6. The molecule has 206 valence electrons. The van der Waals surface area contributed by atoms with Gasteiger partial charge >= 0.3 is 5.97 Å². The van der Waals surface area contributed by atoms with E-state index < -0.39 is 60.2 Å². The van der Waals surface area contributed by atoms with Gasteiger partial charge in [-0.1, -0.05) is 30.3 Å². The van der Waals surface area contributed by atoms with E-state index >= 15 is 0 Å². The lowest BCUT2D eigenvalue weighted by Gasteiger charge is -2.25. The molecule has 0 heterocycles. The Morgan fingerprint density at radius 3 is 2.05 bits per heavy atom. The van der Waals surface area contributed by atoms with Crippen molar-refractivity contribution in [2.75, 3.05) is 18.6 Å². The Kier molecular flexibility index (Phi) is 14.9. The summed E-state index contributed by atoms with van der Waals surface area (Å²) in [6.07, 6.45) is 3.06. The van der Waals surface area contributed by atoms with Gasteiger partial charge in [-0.15, -0.1) is 0 Å². The van der Waals surface area contributed by atoms with Crippen molar-refractivity contribution in [3.05, 3.63) is 35.9 Å². The SMILES string of the molecule is CSCCC(N)C(=O)NC(Cc1ccccc1)C(=O)NC(CCCCN)C(=O)NC(CC(N)=O)C(=O)O. The van der Waals surface area contributed by atoms with E-state index in [9.17, 15) is 29.1 Å². The maximum absolute atomic E-state index is 13.3. The number of carboxylic acid groups (broad SMARTS) is 1. The molecule has 4 unspecified atom stereocenters. The lowest BCUT2D eigenvalue weighted by molar-refractivity contribution is -0.143. The number of nitrogens with one attached hydrogen (secondary N) is 3. The van der Waals surface area contributed by atoms with Crippen molar-refractivity contribution >= 4 is 41.4 Å². The van der Waals surface area contributed by atoms with E-state index in [2.05, 4.69) is 16.0 Å². The highest BCUT2D eigenvalue weighted by molar-refractivity contribution is 7.98. The fraction of sp³-hybridized carbons (Fsp3) is 0.542. The van der Waals surface area contributed by atoms with E-state index in [0.29, 0.717) is 31.6 Å². The van der Waals surface area contributed by atoms with Crippen LogP contribution in [0.5, 0.6) is 0 Å². The zero-order valence-electron chi connectivity index (χ0n) is 21.0. The predicted molar refractivity (Wildman–Crippen MR) is 141 cm³/mol. The predicted octanol–water partition coefficient (Wildman–Crippen LogP) is -1.15. The van der Waals surface area contributed by atoms with Gasteiger partial charge in [0.1, 0.15) is 18.1 Å². The maximum atomic E-state index is 13.3. The quantitative estimate of drug-likeness (QED) is 0.112. The molecule has 4 atom stereocenters. The van der Waals surface area contributed by atoms with Crippen LogP contribution in [-0.2, 0) is 30.4 Å². The molecule has 0 aromatic heterocycles. The van der Waals surface area contributed by atoms with Crippen molar-refractivity contribution < 1.29 is 29.1 Å². The first-order valence-electron chi connectivity index (χ1n) is 12.0. The number of carboxylic acids is 1. The first-order valence-corrected chi connectivity index (χ1v) is 13.4. The highest BCUT2D eigenvalue weighted by Crippen LogP contribution is 2.08. The summed E-state index contributed by atoms with van der Waals surface area (Å²) in [4.78, 5) is 61.6. The molecule has 0 fully saturated rings. The summed E-state index contributed by atoms with van der Waals surface area (Å²) in [7, 11) is 0. The molecule has 0 saturated carbocycles. The molecule has 12 nitrogen and oxygen atoms in total. The Morgan fingerprint density at radius 2 is 1.49 bits per heavy atom. The minimum absolute atomic E-state index is 0.143. The largest absolute Gasteiger partial charge is 0.480 e. The number of aliphatic carboxylic acids is 1. The van der Waals surface area contributed by atoms with Gasteiger partial charge in [0.2, 0.25) is 23.6 Å². The molecule has 0 radical (unpaired) electrons. The maximum Gasteiger partial charge on any atom is 0.326 e. The highest BCUT2D eigenvalue weighted by atomic mass is 32.2. The van der Waals surface area contributed by atoms with Crippen LogP contribution >= 0.6 is 11.8 Å².